The van der Waals surface area contributed by atoms with Crippen molar-refractivity contribution in [3.05, 3.63) is 53.1 Å². The van der Waals surface area contributed by atoms with Gasteiger partial charge in [-0.05, 0) is 48.9 Å². The number of methoxy groups -OCH3 is 1. The maximum absolute atomic E-state index is 12.4. The van der Waals surface area contributed by atoms with Gasteiger partial charge in [-0.1, -0.05) is 18.5 Å². The molecule has 2 aromatic carbocycles. The Kier molecular flexibility index (Phi) is 6.99. The van der Waals surface area contributed by atoms with Crippen molar-refractivity contribution in [2.24, 2.45) is 0 Å². The van der Waals surface area contributed by atoms with Gasteiger partial charge < -0.3 is 19.9 Å². The van der Waals surface area contributed by atoms with E-state index < -0.39 is 0 Å². The lowest BCUT2D eigenvalue weighted by molar-refractivity contribution is -0.131. The van der Waals surface area contributed by atoms with Crippen molar-refractivity contribution < 1.29 is 14.3 Å². The third-order valence-electron chi connectivity index (χ3n) is 5.00. The van der Waals surface area contributed by atoms with Crippen molar-refractivity contribution >= 4 is 34.8 Å². The fourth-order valence-electron chi connectivity index (χ4n) is 3.35. The minimum Gasteiger partial charge on any atom is -0.495 e. The van der Waals surface area contributed by atoms with Gasteiger partial charge in [0.25, 0.3) is 5.91 Å². The Morgan fingerprint density at radius 1 is 1.07 bits per heavy atom. The highest BCUT2D eigenvalue weighted by Crippen LogP contribution is 2.26. The van der Waals surface area contributed by atoms with Gasteiger partial charge in [0.05, 0.1) is 12.1 Å². The Bertz CT molecular complexity index is 862. The minimum absolute atomic E-state index is 0.231. The number of piperazine rings is 1. The molecule has 6 nitrogen and oxygen atoms in total. The molecule has 2 amide bonds. The van der Waals surface area contributed by atoms with Gasteiger partial charge in [-0.3, -0.25) is 9.59 Å². The quantitative estimate of drug-likeness (QED) is 0.773. The van der Waals surface area contributed by atoms with Gasteiger partial charge in [-0.15, -0.1) is 0 Å². The second-order valence-corrected chi connectivity index (χ2v) is 7.38. The van der Waals surface area contributed by atoms with E-state index in [1.54, 1.807) is 18.2 Å². The monoisotopic (exact) mass is 415 g/mol. The first kappa shape index (κ1) is 21.0. The normalized spacial score (nSPS) is 13.9. The van der Waals surface area contributed by atoms with Gasteiger partial charge in [0, 0.05) is 49.5 Å². The van der Waals surface area contributed by atoms with Gasteiger partial charge in [0.1, 0.15) is 5.75 Å². The molecule has 0 aliphatic carbocycles. The summed E-state index contributed by atoms with van der Waals surface area (Å²) in [5.41, 5.74) is 2.26. The van der Waals surface area contributed by atoms with E-state index in [0.717, 1.165) is 38.3 Å². The van der Waals surface area contributed by atoms with Gasteiger partial charge in [0.15, 0.2) is 0 Å². The van der Waals surface area contributed by atoms with E-state index >= 15 is 0 Å². The summed E-state index contributed by atoms with van der Waals surface area (Å²) in [6.07, 6.45) is 1.50. The molecule has 1 saturated heterocycles. The van der Waals surface area contributed by atoms with E-state index in [1.807, 2.05) is 36.1 Å². The highest BCUT2D eigenvalue weighted by molar-refractivity contribution is 6.32. The molecule has 0 aromatic heterocycles. The SMILES string of the molecule is CCCC(=O)N1CCN(c2ccc(NC(=O)c3ccc(OC)c(Cl)c3)cc2)CC1. The smallest absolute Gasteiger partial charge is 0.255 e. The number of halogens is 1. The number of hydrogen-bond donors (Lipinski definition) is 1. The summed E-state index contributed by atoms with van der Waals surface area (Å²) < 4.78 is 5.11. The molecular formula is C22H26ClN3O3. The first-order valence-electron chi connectivity index (χ1n) is 9.79. The fourth-order valence-corrected chi connectivity index (χ4v) is 3.61. The second kappa shape index (κ2) is 9.65. The van der Waals surface area contributed by atoms with Crippen molar-refractivity contribution in [1.29, 1.82) is 0 Å². The van der Waals surface area contributed by atoms with Crippen LogP contribution in [0.15, 0.2) is 42.5 Å². The molecule has 0 saturated carbocycles. The Balaban J connectivity index is 1.57. The van der Waals surface area contributed by atoms with Crippen LogP contribution in [0.2, 0.25) is 5.02 Å². The predicted molar refractivity (Wildman–Crippen MR) is 116 cm³/mol. The molecule has 1 fully saturated rings. The van der Waals surface area contributed by atoms with Crippen molar-refractivity contribution in [1.82, 2.24) is 4.90 Å². The molecule has 0 bridgehead atoms. The van der Waals surface area contributed by atoms with Crippen molar-refractivity contribution in [3.63, 3.8) is 0 Å². The summed E-state index contributed by atoms with van der Waals surface area (Å²) in [6.45, 7) is 5.14. The third kappa shape index (κ3) is 5.21. The van der Waals surface area contributed by atoms with Crippen LogP contribution in [0.25, 0.3) is 0 Å². The van der Waals surface area contributed by atoms with Crippen LogP contribution in [0.3, 0.4) is 0 Å². The van der Waals surface area contributed by atoms with E-state index in [4.69, 9.17) is 16.3 Å². The average molecular weight is 416 g/mol. The number of carbonyl (C=O) groups excluding carboxylic acids is 2. The summed E-state index contributed by atoms with van der Waals surface area (Å²) in [4.78, 5) is 28.7. The Hall–Kier alpha value is -2.73. The molecule has 2 aromatic rings. The molecule has 154 valence electrons. The number of nitrogens with zero attached hydrogens (tertiary/aromatic N) is 2. The molecular weight excluding hydrogens is 390 g/mol. The van der Waals surface area contributed by atoms with Crippen molar-refractivity contribution in [2.45, 2.75) is 19.8 Å². The van der Waals surface area contributed by atoms with Crippen LogP contribution >= 0.6 is 11.6 Å². The number of anilines is 2. The molecule has 1 N–H and O–H groups in total. The van der Waals surface area contributed by atoms with Gasteiger partial charge >= 0.3 is 0 Å². The number of nitrogens with one attached hydrogen (secondary N) is 1. The van der Waals surface area contributed by atoms with Crippen molar-refractivity contribution in [3.8, 4) is 5.75 Å². The summed E-state index contributed by atoms with van der Waals surface area (Å²) in [5, 5.41) is 3.27. The lowest BCUT2D eigenvalue weighted by Crippen LogP contribution is -2.48. The number of amides is 2. The maximum Gasteiger partial charge on any atom is 0.255 e. The maximum atomic E-state index is 12.4. The second-order valence-electron chi connectivity index (χ2n) is 6.97. The largest absolute Gasteiger partial charge is 0.495 e. The number of ether oxygens (including phenoxy) is 1. The van der Waals surface area contributed by atoms with Crippen LogP contribution in [-0.4, -0.2) is 50.0 Å². The Labute approximate surface area is 176 Å². The molecule has 29 heavy (non-hydrogen) atoms. The third-order valence-corrected chi connectivity index (χ3v) is 5.30. The summed E-state index contributed by atoms with van der Waals surface area (Å²) in [7, 11) is 1.53. The van der Waals surface area contributed by atoms with Crippen molar-refractivity contribution in [2.75, 3.05) is 43.5 Å². The van der Waals surface area contributed by atoms with E-state index in [2.05, 4.69) is 10.2 Å². The number of benzene rings is 2. The van der Waals surface area contributed by atoms with E-state index in [1.165, 1.54) is 7.11 Å². The Morgan fingerprint density at radius 2 is 1.76 bits per heavy atom. The van der Waals surface area contributed by atoms with E-state index in [0.29, 0.717) is 28.4 Å². The molecule has 0 spiro atoms. The van der Waals surface area contributed by atoms with Crippen LogP contribution in [0.1, 0.15) is 30.1 Å². The molecule has 1 heterocycles. The van der Waals surface area contributed by atoms with Crippen LogP contribution in [0, 0.1) is 0 Å². The molecule has 1 aliphatic rings. The number of rotatable bonds is 6. The standard InChI is InChI=1S/C22H26ClN3O3/c1-3-4-21(27)26-13-11-25(12-14-26)18-8-6-17(7-9-18)24-22(28)16-5-10-20(29-2)19(23)15-16/h5-10,15H,3-4,11-14H2,1-2H3,(H,24,28). The van der Waals surface area contributed by atoms with Crippen LogP contribution in [0.4, 0.5) is 11.4 Å². The van der Waals surface area contributed by atoms with Gasteiger partial charge in [0.2, 0.25) is 5.91 Å². The Morgan fingerprint density at radius 3 is 2.34 bits per heavy atom. The van der Waals surface area contributed by atoms with Gasteiger partial charge in [-0.25, -0.2) is 0 Å². The zero-order valence-electron chi connectivity index (χ0n) is 16.8. The zero-order valence-corrected chi connectivity index (χ0v) is 17.5. The zero-order chi connectivity index (χ0) is 20.8. The fraction of sp³-hybridized carbons (Fsp3) is 0.364. The molecule has 0 radical (unpaired) electrons. The minimum atomic E-state index is -0.231. The summed E-state index contributed by atoms with van der Waals surface area (Å²) >= 11 is 6.10. The summed E-state index contributed by atoms with van der Waals surface area (Å²) in [6, 6.07) is 12.7. The topological polar surface area (TPSA) is 61.9 Å². The molecule has 7 heteroatoms. The summed E-state index contributed by atoms with van der Waals surface area (Å²) in [5.74, 6) is 0.540. The number of carbonyl (C=O) groups is 2. The van der Waals surface area contributed by atoms with Crippen LogP contribution < -0.4 is 15.0 Å². The van der Waals surface area contributed by atoms with E-state index in [9.17, 15) is 9.59 Å². The first-order valence-corrected chi connectivity index (χ1v) is 10.2. The highest BCUT2D eigenvalue weighted by atomic mass is 35.5. The lowest BCUT2D eigenvalue weighted by Gasteiger charge is -2.36. The first-order chi connectivity index (χ1) is 14.0. The predicted octanol–water partition coefficient (Wildman–Crippen LogP) is 4.05. The van der Waals surface area contributed by atoms with Crippen LogP contribution in [0.5, 0.6) is 5.75 Å². The molecule has 0 atom stereocenters. The molecule has 1 aliphatic heterocycles. The van der Waals surface area contributed by atoms with Gasteiger partial charge in [-0.2, -0.15) is 0 Å². The molecule has 3 rings (SSSR count). The van der Waals surface area contributed by atoms with E-state index in [-0.39, 0.29) is 11.8 Å². The number of hydrogen-bond acceptors (Lipinski definition) is 4. The average Bonchev–Trinajstić information content (AvgIpc) is 2.74. The van der Waals surface area contributed by atoms with Crippen LogP contribution in [-0.2, 0) is 4.79 Å². The molecule has 0 unspecified atom stereocenters. The lowest BCUT2D eigenvalue weighted by atomic mass is 10.2. The highest BCUT2D eigenvalue weighted by Gasteiger charge is 2.20.